The third-order valence-electron chi connectivity index (χ3n) is 14.6. The van der Waals surface area contributed by atoms with Gasteiger partial charge in [-0.2, -0.15) is 0 Å². The Balaban J connectivity index is 1.49. The van der Waals surface area contributed by atoms with Crippen LogP contribution in [0.2, 0.25) is 5.04 Å². The Morgan fingerprint density at radius 2 is 1.33 bits per heavy atom. The van der Waals surface area contributed by atoms with Crippen LogP contribution in [0.15, 0.2) is 154 Å². The molecule has 13 heteroatoms. The van der Waals surface area contributed by atoms with E-state index in [1.54, 1.807) is 18.1 Å². The Morgan fingerprint density at radius 1 is 0.789 bits per heavy atom. The van der Waals surface area contributed by atoms with Crippen LogP contribution in [0, 0.1) is 11.8 Å². The fourth-order valence-corrected chi connectivity index (χ4v) is 15.0. The molecule has 2 saturated heterocycles. The second-order valence-electron chi connectivity index (χ2n) is 24.0. The van der Waals surface area contributed by atoms with Crippen molar-refractivity contribution in [2.45, 2.75) is 195 Å². The van der Waals surface area contributed by atoms with Crippen molar-refractivity contribution in [1.29, 1.82) is 0 Å². The van der Waals surface area contributed by atoms with Gasteiger partial charge < -0.3 is 32.7 Å². The molecule has 0 saturated carbocycles. The van der Waals surface area contributed by atoms with E-state index >= 15 is 0 Å². The molecule has 0 unspecified atom stereocenters. The van der Waals surface area contributed by atoms with Crippen LogP contribution < -0.4 is 10.4 Å². The van der Waals surface area contributed by atoms with Crippen LogP contribution >= 0.6 is 22.6 Å². The zero-order chi connectivity index (χ0) is 56.9. The van der Waals surface area contributed by atoms with Crippen LogP contribution in [0.25, 0.3) is 0 Å². The summed E-state index contributed by atoms with van der Waals surface area (Å²) in [5.41, 5.74) is 0.564. The highest BCUT2D eigenvalue weighted by molar-refractivity contribution is 14.1. The molecule has 0 N–H and O–H groups in total. The lowest BCUT2D eigenvalue weighted by Gasteiger charge is -2.45. The first kappa shape index (κ1) is 64.4. The number of ether oxygens (including phenoxy) is 4. The first-order chi connectivity index (χ1) is 35.4. The van der Waals surface area contributed by atoms with E-state index in [-0.39, 0.29) is 35.1 Å². The molecule has 0 radical (unpaired) electrons. The van der Waals surface area contributed by atoms with Crippen LogP contribution in [-0.2, 0) is 37.5 Å². The number of halogens is 1. The monoisotopic (exact) mass is 1170 g/mol. The summed E-state index contributed by atoms with van der Waals surface area (Å²) in [6.45, 7) is 36.4. The van der Waals surface area contributed by atoms with Crippen molar-refractivity contribution >= 4 is 60.5 Å². The number of amides is 1. The molecule has 4 rings (SSSR count). The van der Waals surface area contributed by atoms with Crippen LogP contribution in [-0.4, -0.2) is 92.5 Å². The van der Waals surface area contributed by atoms with Crippen molar-refractivity contribution in [3.8, 4) is 0 Å². The van der Waals surface area contributed by atoms with Crippen LogP contribution in [0.3, 0.4) is 0 Å². The van der Waals surface area contributed by atoms with Crippen molar-refractivity contribution < 1.29 is 42.3 Å². The molecular weight excluding hydrogens is 1080 g/mol. The van der Waals surface area contributed by atoms with Gasteiger partial charge in [0.1, 0.15) is 17.4 Å². The number of rotatable bonds is 22. The third kappa shape index (κ3) is 17.7. The molecule has 0 spiro atoms. The highest BCUT2D eigenvalue weighted by Crippen LogP contribution is 2.41. The molecule has 0 bridgehead atoms. The number of hydrogen-bond donors (Lipinski definition) is 0. The summed E-state index contributed by atoms with van der Waals surface area (Å²) in [7, 11) is -1.46. The number of hydrogen-bond acceptors (Lipinski definition) is 9. The van der Waals surface area contributed by atoms with E-state index < -0.39 is 62.2 Å². The highest BCUT2D eigenvalue weighted by atomic mass is 127. The summed E-state index contributed by atoms with van der Waals surface area (Å²) in [5, 5.41) is 2.33. The minimum Gasteiger partial charge on any atom is -0.458 e. The van der Waals surface area contributed by atoms with Gasteiger partial charge in [-0.15, -0.1) is 0 Å². The van der Waals surface area contributed by atoms with E-state index in [2.05, 4.69) is 133 Å². The zero-order valence-corrected chi connectivity index (χ0v) is 52.5. The summed E-state index contributed by atoms with van der Waals surface area (Å²) in [4.78, 5) is 28.9. The van der Waals surface area contributed by atoms with E-state index in [9.17, 15) is 9.59 Å². The summed E-state index contributed by atoms with van der Waals surface area (Å²) in [6.07, 6.45) is 21.2. The Hall–Kier alpha value is -4.09. The lowest BCUT2D eigenvalue weighted by atomic mass is 9.86. The fourth-order valence-electron chi connectivity index (χ4n) is 9.85. The number of allylic oxidation sites excluding steroid dienone is 10. The summed E-state index contributed by atoms with van der Waals surface area (Å²) < 4.78 is 46.7. The predicted octanol–water partition coefficient (Wildman–Crippen LogP) is 14.3. The van der Waals surface area contributed by atoms with Crippen molar-refractivity contribution in [2.24, 2.45) is 11.8 Å². The van der Waals surface area contributed by atoms with Gasteiger partial charge in [-0.3, -0.25) is 4.90 Å². The fraction of sp³-hybridized carbons (Fsp3) is 0.524. The quantitative estimate of drug-likeness (QED) is 0.0375. The topological polar surface area (TPSA) is 102 Å². The van der Waals surface area contributed by atoms with E-state index in [1.165, 1.54) is 16.4 Å². The average molecular weight is 1170 g/mol. The summed E-state index contributed by atoms with van der Waals surface area (Å²) in [6, 6.07) is 21.1. The molecule has 2 fully saturated rings. The van der Waals surface area contributed by atoms with Gasteiger partial charge >= 0.3 is 19.2 Å². The van der Waals surface area contributed by atoms with Crippen molar-refractivity contribution in [1.82, 2.24) is 4.90 Å². The summed E-state index contributed by atoms with van der Waals surface area (Å²) in [5.74, 6) is 0.883. The SMILES string of the molecule is CO[C@@H](C\C=C(C)/C=C/C(C)=C\C=C\C(=O)O[C@@H]([C@H](C)[C@@H]1OC(C)(C)N(C(=O)OC(C)(C)C)[C@@H]1C)[C@H](C)/C=C/C(C)=C/C=C/B1OC(C)(C)C(C)(C)O1)C[C@@H](/C=C\I)O[Si](c1ccccc1)(c1ccccc1)C(C)(C)C. The normalized spacial score (nSPS) is 21.8. The molecular formula is C63H91BINO9Si. The lowest BCUT2D eigenvalue weighted by molar-refractivity contribution is -0.153. The average Bonchev–Trinajstić information content (AvgIpc) is 3.71. The Kier molecular flexibility index (Phi) is 23.5. The molecule has 2 aromatic carbocycles. The second kappa shape index (κ2) is 27.7. The minimum atomic E-state index is -2.79. The standard InChI is InChI=1S/C63H91BINO9Si/c1-45(35-36-47(3)38-40-51(69-19)44-52(41-43-65)73-76(60(10,11)12,53-30-22-20-23-31-53)54-32-24-21-25-33-54)28-26-34-55(67)70-56(49(5)57-50(6)66(63(17,18)71-57)58(68)72-59(7,8)9)48(4)39-37-46(2)29-27-42-64-74-61(13,14)62(15,16)75-64/h20-39,41-43,48-52,56-57H,40,44H2,1-19H3/b34-26+,36-35+,39-37+,42-27+,43-41-,45-28-,46-29+,47-38-/t48-,49+,50-,51+,52-,56-,57+/m1/s1. The van der Waals surface area contributed by atoms with Gasteiger partial charge in [0.2, 0.25) is 0 Å². The molecule has 10 nitrogen and oxygen atoms in total. The Bertz CT molecular complexity index is 2410. The molecule has 1 amide bonds. The van der Waals surface area contributed by atoms with E-state index in [4.69, 9.17) is 32.7 Å². The molecule has 76 heavy (non-hydrogen) atoms. The molecule has 2 aliphatic heterocycles. The minimum absolute atomic E-state index is 0.0793. The molecule has 416 valence electrons. The number of nitrogens with zero attached hydrogens (tertiary/aromatic N) is 1. The molecule has 2 aliphatic rings. The van der Waals surface area contributed by atoms with E-state index in [1.807, 2.05) is 139 Å². The van der Waals surface area contributed by atoms with Crippen LogP contribution in [0.5, 0.6) is 0 Å². The smallest absolute Gasteiger partial charge is 0.458 e. The maximum Gasteiger partial charge on any atom is 0.487 e. The maximum absolute atomic E-state index is 13.7. The van der Waals surface area contributed by atoms with Crippen LogP contribution in [0.4, 0.5) is 4.79 Å². The molecule has 0 aliphatic carbocycles. The first-order valence-corrected chi connectivity index (χ1v) is 30.1. The molecule has 0 aromatic heterocycles. The number of esters is 1. The van der Waals surface area contributed by atoms with Gasteiger partial charge in [-0.1, -0.05) is 201 Å². The zero-order valence-electron chi connectivity index (χ0n) is 49.3. The van der Waals surface area contributed by atoms with Crippen molar-refractivity contribution in [3.63, 3.8) is 0 Å². The lowest BCUT2D eigenvalue weighted by Crippen LogP contribution is -2.67. The second-order valence-corrected chi connectivity index (χ2v) is 29.0. The van der Waals surface area contributed by atoms with E-state index in [0.29, 0.717) is 12.8 Å². The highest BCUT2D eigenvalue weighted by Gasteiger charge is 2.54. The van der Waals surface area contributed by atoms with Gasteiger partial charge in [0.25, 0.3) is 8.32 Å². The third-order valence-corrected chi connectivity index (χ3v) is 20.1. The maximum atomic E-state index is 13.7. The van der Waals surface area contributed by atoms with Gasteiger partial charge in [0.05, 0.1) is 35.6 Å². The summed E-state index contributed by atoms with van der Waals surface area (Å²) >= 11 is 2.29. The van der Waals surface area contributed by atoms with Gasteiger partial charge in [0.15, 0.2) is 0 Å². The number of carbonyl (C=O) groups excluding carboxylic acids is 2. The largest absolute Gasteiger partial charge is 0.487 e. The van der Waals surface area contributed by atoms with Gasteiger partial charge in [-0.25, -0.2) is 9.59 Å². The van der Waals surface area contributed by atoms with Crippen LogP contribution in [0.1, 0.15) is 137 Å². The molecule has 2 heterocycles. The molecule has 2 aromatic rings. The van der Waals surface area contributed by atoms with Crippen molar-refractivity contribution in [2.75, 3.05) is 7.11 Å². The Morgan fingerprint density at radius 3 is 1.86 bits per heavy atom. The first-order valence-electron chi connectivity index (χ1n) is 27.0. The molecule has 7 atom stereocenters. The number of methoxy groups -OCH3 is 1. The number of carbonyl (C=O) groups is 2. The van der Waals surface area contributed by atoms with Gasteiger partial charge in [0, 0.05) is 31.4 Å². The van der Waals surface area contributed by atoms with Crippen molar-refractivity contribution in [3.05, 3.63) is 154 Å². The van der Waals surface area contributed by atoms with E-state index in [0.717, 1.165) is 16.7 Å². The predicted molar refractivity (Wildman–Crippen MR) is 324 cm³/mol. The Labute approximate surface area is 473 Å². The van der Waals surface area contributed by atoms with Gasteiger partial charge in [-0.05, 0) is 116 Å². The number of benzene rings is 2.